The van der Waals surface area contributed by atoms with E-state index in [4.69, 9.17) is 0 Å². The predicted molar refractivity (Wildman–Crippen MR) is 93.3 cm³/mol. The Morgan fingerprint density at radius 1 is 0.870 bits per heavy atom. The Labute approximate surface area is 138 Å². The molecule has 0 radical (unpaired) electrons. The largest absolute Gasteiger partial charge is 0.393 e. The van der Waals surface area contributed by atoms with Gasteiger partial charge in [-0.25, -0.2) is 4.39 Å². The second-order valence-corrected chi connectivity index (χ2v) is 7.00. The van der Waals surface area contributed by atoms with Gasteiger partial charge in [0.2, 0.25) is 0 Å². The van der Waals surface area contributed by atoms with Crippen LogP contribution in [0.1, 0.15) is 53.9 Å². The van der Waals surface area contributed by atoms with E-state index in [1.165, 1.54) is 16.7 Å². The highest BCUT2D eigenvalue weighted by Gasteiger charge is 2.22. The maximum Gasteiger partial charge on any atom is 0.126 e. The maximum absolute atomic E-state index is 13.9. The molecule has 0 unspecified atom stereocenters. The zero-order valence-electron chi connectivity index (χ0n) is 14.2. The second kappa shape index (κ2) is 6.45. The summed E-state index contributed by atoms with van der Waals surface area (Å²) in [6.45, 7) is 6.02. The monoisotopic (exact) mass is 312 g/mol. The van der Waals surface area contributed by atoms with Crippen molar-refractivity contribution in [2.45, 2.75) is 58.5 Å². The number of aliphatic hydroxyl groups excluding tert-OH is 1. The number of aliphatic hydroxyl groups is 1. The fraction of sp³-hybridized carbons (Fsp3) is 0.429. The lowest BCUT2D eigenvalue weighted by Gasteiger charge is -2.27. The number of rotatable bonds is 2. The molecule has 0 aliphatic heterocycles. The molecule has 1 nitrogen and oxygen atoms in total. The molecule has 0 heterocycles. The van der Waals surface area contributed by atoms with Crippen molar-refractivity contribution in [2.75, 3.05) is 0 Å². The van der Waals surface area contributed by atoms with Gasteiger partial charge in [-0.1, -0.05) is 24.3 Å². The molecule has 0 aromatic heterocycles. The van der Waals surface area contributed by atoms with Crippen molar-refractivity contribution in [3.63, 3.8) is 0 Å². The van der Waals surface area contributed by atoms with Gasteiger partial charge in [0.15, 0.2) is 0 Å². The van der Waals surface area contributed by atoms with E-state index in [1.807, 2.05) is 12.1 Å². The van der Waals surface area contributed by atoms with Gasteiger partial charge < -0.3 is 5.11 Å². The number of hydrogen-bond donors (Lipinski definition) is 1. The second-order valence-electron chi connectivity index (χ2n) is 7.00. The molecule has 2 aromatic carbocycles. The van der Waals surface area contributed by atoms with E-state index in [2.05, 4.69) is 26.0 Å². The lowest BCUT2D eigenvalue weighted by molar-refractivity contribution is 0.122. The molecule has 1 aliphatic rings. The summed E-state index contributed by atoms with van der Waals surface area (Å²) in [6, 6.07) is 10.00. The number of hydrogen-bond acceptors (Lipinski definition) is 1. The average Bonchev–Trinajstić information content (AvgIpc) is 2.51. The Balaban J connectivity index is 1.95. The molecule has 0 bridgehead atoms. The summed E-state index contributed by atoms with van der Waals surface area (Å²) in [6.07, 6.45) is 3.78. The van der Waals surface area contributed by atoms with Crippen molar-refractivity contribution in [3.05, 3.63) is 58.4 Å². The van der Waals surface area contributed by atoms with Crippen LogP contribution in [0.25, 0.3) is 11.1 Å². The van der Waals surface area contributed by atoms with Gasteiger partial charge in [-0.15, -0.1) is 0 Å². The zero-order valence-corrected chi connectivity index (χ0v) is 14.2. The molecule has 1 fully saturated rings. The van der Waals surface area contributed by atoms with Crippen LogP contribution in [0.3, 0.4) is 0 Å². The average molecular weight is 312 g/mol. The molecule has 0 saturated heterocycles. The van der Waals surface area contributed by atoms with Crippen LogP contribution in [0.15, 0.2) is 30.3 Å². The summed E-state index contributed by atoms with van der Waals surface area (Å²) < 4.78 is 13.9. The molecule has 2 heteroatoms. The first-order valence-electron chi connectivity index (χ1n) is 8.51. The van der Waals surface area contributed by atoms with Crippen molar-refractivity contribution in [1.29, 1.82) is 0 Å². The molecule has 2 aromatic rings. The van der Waals surface area contributed by atoms with E-state index in [0.29, 0.717) is 11.5 Å². The summed E-state index contributed by atoms with van der Waals surface area (Å²) in [4.78, 5) is 0. The molecule has 0 atom stereocenters. The van der Waals surface area contributed by atoms with Crippen LogP contribution in [0.4, 0.5) is 4.39 Å². The fourth-order valence-electron chi connectivity index (χ4n) is 3.85. The van der Waals surface area contributed by atoms with Crippen LogP contribution in [0, 0.1) is 26.6 Å². The molecule has 0 amide bonds. The Bertz CT molecular complexity index is 689. The van der Waals surface area contributed by atoms with Crippen LogP contribution < -0.4 is 0 Å². The third-order valence-electron chi connectivity index (χ3n) is 5.18. The van der Waals surface area contributed by atoms with Crippen molar-refractivity contribution in [2.24, 2.45) is 0 Å². The number of aryl methyl sites for hydroxylation is 3. The van der Waals surface area contributed by atoms with E-state index in [0.717, 1.165) is 36.8 Å². The van der Waals surface area contributed by atoms with Gasteiger partial charge in [0.05, 0.1) is 6.10 Å². The minimum absolute atomic E-state index is 0.122. The van der Waals surface area contributed by atoms with E-state index in [1.54, 1.807) is 13.0 Å². The van der Waals surface area contributed by atoms with Gasteiger partial charge in [0.1, 0.15) is 5.82 Å². The van der Waals surface area contributed by atoms with Crippen molar-refractivity contribution in [3.8, 4) is 11.1 Å². The van der Waals surface area contributed by atoms with Gasteiger partial charge in [-0.2, -0.15) is 0 Å². The highest BCUT2D eigenvalue weighted by atomic mass is 19.1. The van der Waals surface area contributed by atoms with E-state index < -0.39 is 0 Å². The van der Waals surface area contributed by atoms with Gasteiger partial charge in [0, 0.05) is 0 Å². The van der Waals surface area contributed by atoms with E-state index >= 15 is 0 Å². The Morgan fingerprint density at radius 2 is 1.48 bits per heavy atom. The maximum atomic E-state index is 13.9. The minimum atomic E-state index is -0.147. The molecule has 1 aliphatic carbocycles. The van der Waals surface area contributed by atoms with Crippen LogP contribution in [0.2, 0.25) is 0 Å². The highest BCUT2D eigenvalue weighted by molar-refractivity contribution is 5.71. The number of benzene rings is 2. The summed E-state index contributed by atoms with van der Waals surface area (Å²) in [5.74, 6) is 0.395. The normalized spacial score (nSPS) is 21.4. The summed E-state index contributed by atoms with van der Waals surface area (Å²) >= 11 is 0. The molecule has 23 heavy (non-hydrogen) atoms. The highest BCUT2D eigenvalue weighted by Crippen LogP contribution is 2.37. The van der Waals surface area contributed by atoms with Gasteiger partial charge in [-0.05, 0) is 91.8 Å². The first-order valence-corrected chi connectivity index (χ1v) is 8.51. The Morgan fingerprint density at radius 3 is 2.04 bits per heavy atom. The first kappa shape index (κ1) is 16.2. The third kappa shape index (κ3) is 3.32. The quantitative estimate of drug-likeness (QED) is 0.783. The molecule has 1 saturated carbocycles. The van der Waals surface area contributed by atoms with Crippen molar-refractivity contribution in [1.82, 2.24) is 0 Å². The van der Waals surface area contributed by atoms with Gasteiger partial charge in [-0.3, -0.25) is 0 Å². The topological polar surface area (TPSA) is 20.2 Å². The molecule has 122 valence electrons. The molecular weight excluding hydrogens is 287 g/mol. The molecule has 1 N–H and O–H groups in total. The lowest BCUT2D eigenvalue weighted by atomic mass is 9.80. The number of halogens is 1. The SMILES string of the molecule is Cc1ccc(-c2c(C)cc(C3CCC(O)CC3)cc2C)cc1F. The predicted octanol–water partition coefficient (Wildman–Crippen LogP) is 5.44. The molecule has 0 spiro atoms. The van der Waals surface area contributed by atoms with Crippen LogP contribution in [0.5, 0.6) is 0 Å². The van der Waals surface area contributed by atoms with Crippen LogP contribution >= 0.6 is 0 Å². The summed E-state index contributed by atoms with van der Waals surface area (Å²) in [5, 5.41) is 9.69. The summed E-state index contributed by atoms with van der Waals surface area (Å²) in [7, 11) is 0. The zero-order chi connectivity index (χ0) is 16.6. The summed E-state index contributed by atoms with van der Waals surface area (Å²) in [5.41, 5.74) is 6.55. The standard InChI is InChI=1S/C21H25FO/c1-13-4-5-17(12-20(13)22)21-14(2)10-18(11-15(21)3)16-6-8-19(23)9-7-16/h4-5,10-12,16,19,23H,6-9H2,1-3H3. The van der Waals surface area contributed by atoms with Gasteiger partial charge >= 0.3 is 0 Å². The van der Waals surface area contributed by atoms with Crippen LogP contribution in [-0.2, 0) is 0 Å². The Kier molecular flexibility index (Phi) is 4.54. The van der Waals surface area contributed by atoms with Gasteiger partial charge in [0.25, 0.3) is 0 Å². The molecule has 3 rings (SSSR count). The van der Waals surface area contributed by atoms with Crippen molar-refractivity contribution >= 4 is 0 Å². The Hall–Kier alpha value is -1.67. The lowest BCUT2D eigenvalue weighted by Crippen LogP contribution is -2.17. The smallest absolute Gasteiger partial charge is 0.126 e. The fourth-order valence-corrected chi connectivity index (χ4v) is 3.85. The third-order valence-corrected chi connectivity index (χ3v) is 5.18. The van der Waals surface area contributed by atoms with E-state index in [-0.39, 0.29) is 11.9 Å². The first-order chi connectivity index (χ1) is 11.0. The molecular formula is C21H25FO. The minimum Gasteiger partial charge on any atom is -0.393 e. The van der Waals surface area contributed by atoms with Crippen LogP contribution in [-0.4, -0.2) is 11.2 Å². The van der Waals surface area contributed by atoms with Crippen molar-refractivity contribution < 1.29 is 9.50 Å². The van der Waals surface area contributed by atoms with E-state index in [9.17, 15) is 9.50 Å².